The third-order valence-corrected chi connectivity index (χ3v) is 14.8. The molecule has 1 amide bonds. The van der Waals surface area contributed by atoms with Gasteiger partial charge in [-0.25, -0.2) is 13.4 Å². The number of ketones is 1. The first-order valence-corrected chi connectivity index (χ1v) is 24.6. The maximum atomic E-state index is 14.1. The second kappa shape index (κ2) is 20.3. The van der Waals surface area contributed by atoms with E-state index in [2.05, 4.69) is 38.9 Å². The van der Waals surface area contributed by atoms with Gasteiger partial charge in [0.2, 0.25) is 5.91 Å². The van der Waals surface area contributed by atoms with E-state index in [1.807, 2.05) is 6.07 Å². The van der Waals surface area contributed by atoms with Gasteiger partial charge in [0.05, 0.1) is 45.9 Å². The summed E-state index contributed by atoms with van der Waals surface area (Å²) in [6.07, 6.45) is 0.502. The maximum Gasteiger partial charge on any atom is 0.416 e. The van der Waals surface area contributed by atoms with Gasteiger partial charge in [0.1, 0.15) is 35.0 Å². The number of aryl methyl sites for hydroxylation is 1. The van der Waals surface area contributed by atoms with Crippen molar-refractivity contribution < 1.29 is 45.6 Å². The Labute approximate surface area is 403 Å². The average Bonchev–Trinajstić information content (AvgIpc) is 3.79. The molecule has 0 saturated carbocycles. The molecule has 1 unspecified atom stereocenters. The van der Waals surface area contributed by atoms with Gasteiger partial charge in [-0.1, -0.05) is 25.5 Å². The second-order valence-electron chi connectivity index (χ2n) is 18.7. The zero-order valence-corrected chi connectivity index (χ0v) is 39.8. The van der Waals surface area contributed by atoms with Crippen LogP contribution in [0.3, 0.4) is 0 Å². The number of nitro benzene ring substituents is 1. The number of nitriles is 1. The van der Waals surface area contributed by atoms with Gasteiger partial charge in [0, 0.05) is 81.8 Å². The van der Waals surface area contributed by atoms with E-state index in [1.165, 1.54) is 47.0 Å². The minimum atomic E-state index is -4.45. The van der Waals surface area contributed by atoms with Gasteiger partial charge in [0.25, 0.3) is 5.69 Å². The number of alkyl halides is 3. The number of carbonyl (C=O) groups is 2. The van der Waals surface area contributed by atoms with Crippen LogP contribution in [-0.2, 0) is 25.5 Å². The molecule has 2 aliphatic heterocycles. The molecule has 0 radical (unpaired) electrons. The number of halogens is 3. The van der Waals surface area contributed by atoms with Crippen LogP contribution in [0.1, 0.15) is 66.6 Å². The molecule has 1 aliphatic carbocycles. The molecule has 0 spiro atoms. The third kappa shape index (κ3) is 11.4. The van der Waals surface area contributed by atoms with Gasteiger partial charge in [-0.2, -0.15) is 18.4 Å². The number of carbonyl (C=O) groups excluding carboxylic acids is 2. The van der Waals surface area contributed by atoms with Crippen LogP contribution in [0.4, 0.5) is 30.2 Å². The number of allylic oxidation sites excluding steroid dienone is 1. The number of ether oxygens (including phenoxy) is 2. The van der Waals surface area contributed by atoms with Crippen LogP contribution in [0.15, 0.2) is 89.6 Å². The van der Waals surface area contributed by atoms with Crippen molar-refractivity contribution in [3.8, 4) is 17.6 Å². The van der Waals surface area contributed by atoms with Crippen molar-refractivity contribution in [2.45, 2.75) is 63.6 Å². The van der Waals surface area contributed by atoms with Crippen LogP contribution in [0, 0.1) is 33.8 Å². The van der Waals surface area contributed by atoms with E-state index < -0.39 is 54.7 Å². The lowest BCUT2D eigenvalue weighted by molar-refractivity contribution is -0.384. The summed E-state index contributed by atoms with van der Waals surface area (Å²) in [4.78, 5) is 50.8. The molecular weight excluding hydrogens is 930 g/mol. The van der Waals surface area contributed by atoms with Crippen molar-refractivity contribution in [3.05, 3.63) is 117 Å². The Morgan fingerprint density at radius 3 is 2.57 bits per heavy atom. The summed E-state index contributed by atoms with van der Waals surface area (Å²) in [5, 5.41) is 24.8. The van der Waals surface area contributed by atoms with Gasteiger partial charge in [-0.05, 0) is 96.8 Å². The molecule has 4 heterocycles. The largest absolute Gasteiger partial charge is 0.455 e. The highest BCUT2D eigenvalue weighted by atomic mass is 32.2. The molecule has 1 atom stereocenters. The molecule has 2 aromatic heterocycles. The number of Topliss-reactive ketones (excluding diaryl/α,β-unsaturated/α-hetero) is 1. The van der Waals surface area contributed by atoms with Crippen molar-refractivity contribution >= 4 is 55.2 Å². The van der Waals surface area contributed by atoms with Gasteiger partial charge in [0.15, 0.2) is 15.6 Å². The highest BCUT2D eigenvalue weighted by molar-refractivity contribution is 7.92. The van der Waals surface area contributed by atoms with E-state index in [9.17, 15) is 41.3 Å². The van der Waals surface area contributed by atoms with Crippen molar-refractivity contribution in [1.82, 2.24) is 19.8 Å². The number of morpholine rings is 1. The number of aromatic amines is 1. The van der Waals surface area contributed by atoms with E-state index in [1.54, 1.807) is 43.5 Å². The van der Waals surface area contributed by atoms with Gasteiger partial charge in [-0.15, -0.1) is 0 Å². The predicted octanol–water partition coefficient (Wildman–Crippen LogP) is 8.59. The number of nitrogens with one attached hydrogen (secondary N) is 2. The quantitative estimate of drug-likeness (QED) is 0.0574. The molecule has 16 nitrogen and oxygen atoms in total. The van der Waals surface area contributed by atoms with Crippen LogP contribution in [0.25, 0.3) is 16.6 Å². The Hall–Kier alpha value is -6.82. The predicted molar refractivity (Wildman–Crippen MR) is 257 cm³/mol. The van der Waals surface area contributed by atoms with Crippen LogP contribution in [0.5, 0.6) is 11.5 Å². The number of sulfone groups is 1. The summed E-state index contributed by atoms with van der Waals surface area (Å²) in [7, 11) is -4.45. The topological polar surface area (TPSA) is 204 Å². The lowest BCUT2D eigenvalue weighted by Crippen LogP contribution is -2.47. The van der Waals surface area contributed by atoms with E-state index in [-0.39, 0.29) is 54.4 Å². The third-order valence-electron chi connectivity index (χ3n) is 13.2. The number of nitro groups is 1. The van der Waals surface area contributed by atoms with Crippen LogP contribution in [-0.4, -0.2) is 116 Å². The highest BCUT2D eigenvalue weighted by Crippen LogP contribution is 2.45. The number of piperazine rings is 1. The Balaban J connectivity index is 0.989. The van der Waals surface area contributed by atoms with Crippen LogP contribution >= 0.6 is 0 Å². The Bertz CT molecular complexity index is 3010. The van der Waals surface area contributed by atoms with Gasteiger partial charge < -0.3 is 29.6 Å². The van der Waals surface area contributed by atoms with Gasteiger partial charge in [-0.3, -0.25) is 24.6 Å². The number of rotatable bonds is 15. The first-order chi connectivity index (χ1) is 33.3. The summed E-state index contributed by atoms with van der Waals surface area (Å²) in [5.74, 6) is -1.79. The molecular formula is C50H53F3N8O8S. The minimum Gasteiger partial charge on any atom is -0.455 e. The van der Waals surface area contributed by atoms with E-state index in [0.717, 1.165) is 47.5 Å². The molecule has 20 heteroatoms. The van der Waals surface area contributed by atoms with Crippen LogP contribution < -0.4 is 15.0 Å². The number of amides is 1. The fourth-order valence-corrected chi connectivity index (χ4v) is 10.6. The summed E-state index contributed by atoms with van der Waals surface area (Å²) in [6.45, 7) is 10.1. The van der Waals surface area contributed by atoms with Crippen molar-refractivity contribution in [2.24, 2.45) is 5.41 Å². The van der Waals surface area contributed by atoms with Gasteiger partial charge >= 0.3 is 6.18 Å². The van der Waals surface area contributed by atoms with E-state index >= 15 is 0 Å². The standard InChI is InChI=1S/C50H53F3N8O8S/c1-32-22-35(50(51,52)53)4-7-40(32)42-26-49(2,3)13-10-34(42)29-58-16-18-59(19-17-58)36-5-8-41(46(24-36)69-37-23-33-12-15-55-48(33)57-27-37)45(62)31-70(66,67)39-6-9-43(44(25-39)61(64)65)56-28-38-30-60(20-21-68-38)47(63)11-14-54/h4-9,12,15,22-25,27,38,56H,10-11,13,16-21,26,28-31H2,1-3H3,(H,55,57). The molecule has 70 heavy (non-hydrogen) atoms. The fourth-order valence-electron chi connectivity index (χ4n) is 9.34. The van der Waals surface area contributed by atoms with Crippen molar-refractivity contribution in [1.29, 1.82) is 5.26 Å². The average molecular weight is 983 g/mol. The number of hydrogen-bond acceptors (Lipinski definition) is 13. The summed E-state index contributed by atoms with van der Waals surface area (Å²) in [6, 6.07) is 17.6. The lowest BCUT2D eigenvalue weighted by atomic mass is 9.72. The molecule has 368 valence electrons. The monoisotopic (exact) mass is 982 g/mol. The second-order valence-corrected chi connectivity index (χ2v) is 20.7. The smallest absolute Gasteiger partial charge is 0.416 e. The molecule has 3 aromatic carbocycles. The van der Waals surface area contributed by atoms with Crippen LogP contribution in [0.2, 0.25) is 0 Å². The Kier molecular flexibility index (Phi) is 14.4. The van der Waals surface area contributed by atoms with Crippen molar-refractivity contribution in [2.75, 3.05) is 74.9 Å². The fraction of sp³-hybridized carbons (Fsp3) is 0.400. The number of anilines is 2. The zero-order chi connectivity index (χ0) is 50.0. The molecule has 2 fully saturated rings. The Morgan fingerprint density at radius 2 is 1.84 bits per heavy atom. The van der Waals surface area contributed by atoms with E-state index in [4.69, 9.17) is 14.7 Å². The lowest BCUT2D eigenvalue weighted by Gasteiger charge is -2.39. The first kappa shape index (κ1) is 49.6. The highest BCUT2D eigenvalue weighted by Gasteiger charge is 2.34. The molecule has 2 N–H and O–H groups in total. The number of benzene rings is 3. The summed E-state index contributed by atoms with van der Waals surface area (Å²) < 4.78 is 80.5. The summed E-state index contributed by atoms with van der Waals surface area (Å²) in [5.41, 5.74) is 3.90. The zero-order valence-electron chi connectivity index (χ0n) is 39.0. The molecule has 0 bridgehead atoms. The molecule has 3 aliphatic rings. The number of pyridine rings is 1. The normalized spacial score (nSPS) is 17.9. The summed E-state index contributed by atoms with van der Waals surface area (Å²) >= 11 is 0. The van der Waals surface area contributed by atoms with Crippen molar-refractivity contribution in [3.63, 3.8) is 0 Å². The number of aromatic nitrogens is 2. The number of hydrogen-bond donors (Lipinski definition) is 2. The minimum absolute atomic E-state index is 0.00133. The SMILES string of the molecule is Cc1cc(C(F)(F)F)ccc1C1=C(CN2CCN(c3ccc(C(=O)CS(=O)(=O)c4ccc(NCC5CN(C(=O)CC#N)CCO5)c([N+](=O)[O-])c4)c(Oc4cnc5[nH]ccc5c4)c3)CC2)CCC(C)(C)C1. The molecule has 2 saturated heterocycles. The number of fused-ring (bicyclic) bond motifs is 1. The molecule has 5 aromatic rings. The first-order valence-electron chi connectivity index (χ1n) is 22.9. The number of H-pyrrole nitrogens is 1. The Morgan fingerprint density at radius 1 is 1.06 bits per heavy atom. The molecule has 8 rings (SSSR count). The number of nitrogens with zero attached hydrogens (tertiary/aromatic N) is 6. The van der Waals surface area contributed by atoms with E-state index in [0.29, 0.717) is 56.2 Å². The maximum absolute atomic E-state index is 14.1.